The molecule has 2 heterocycles. The van der Waals surface area contributed by atoms with Crippen molar-refractivity contribution >= 4 is 43.3 Å². The number of aromatic carboxylic acids is 1. The minimum atomic E-state index is -3.87. The number of carboxylic acids is 1. The van der Waals surface area contributed by atoms with Crippen molar-refractivity contribution in [2.75, 3.05) is 0 Å². The number of sulfonamides is 1. The highest BCUT2D eigenvalue weighted by Crippen LogP contribution is 2.26. The van der Waals surface area contributed by atoms with Gasteiger partial charge in [0.2, 0.25) is 15.8 Å². The number of rotatable bonds is 5. The second kappa shape index (κ2) is 5.64. The molecule has 0 saturated heterocycles. The molecule has 20 heavy (non-hydrogen) atoms. The topological polar surface area (TPSA) is 110 Å². The van der Waals surface area contributed by atoms with Crippen LogP contribution >= 0.6 is 27.3 Å². The molecule has 0 spiro atoms. The molecular weight excluding hydrogens is 372 g/mol. The van der Waals surface area contributed by atoms with E-state index in [-0.39, 0.29) is 16.1 Å². The Morgan fingerprint density at radius 3 is 2.80 bits per heavy atom. The molecule has 2 N–H and O–H groups in total. The Balaban J connectivity index is 2.22. The molecule has 108 valence electrons. The number of furan rings is 1. The summed E-state index contributed by atoms with van der Waals surface area (Å²) in [6.45, 7) is 1.86. The summed E-state index contributed by atoms with van der Waals surface area (Å²) < 4.78 is 31.2. The van der Waals surface area contributed by atoms with E-state index in [0.29, 0.717) is 0 Å². The van der Waals surface area contributed by atoms with Crippen molar-refractivity contribution in [3.63, 3.8) is 0 Å². The number of carboxylic acid groups (broad SMARTS) is 1. The lowest BCUT2D eigenvalue weighted by atomic mass is 10.4. The van der Waals surface area contributed by atoms with Crippen molar-refractivity contribution in [3.8, 4) is 0 Å². The maximum absolute atomic E-state index is 12.1. The molecule has 0 amide bonds. The van der Waals surface area contributed by atoms with Crippen LogP contribution in [0.25, 0.3) is 0 Å². The van der Waals surface area contributed by atoms with Gasteiger partial charge >= 0.3 is 5.97 Å². The van der Waals surface area contributed by atoms with Crippen LogP contribution < -0.4 is 4.72 Å². The van der Waals surface area contributed by atoms with E-state index >= 15 is 0 Å². The van der Waals surface area contributed by atoms with Gasteiger partial charge in [0, 0.05) is 17.5 Å². The van der Waals surface area contributed by atoms with Crippen LogP contribution in [-0.2, 0) is 16.6 Å². The molecular formula is C10H9BrN2O5S2. The first kappa shape index (κ1) is 15.2. The van der Waals surface area contributed by atoms with E-state index in [1.54, 1.807) is 12.4 Å². The lowest BCUT2D eigenvalue weighted by Gasteiger charge is -2.03. The zero-order chi connectivity index (χ0) is 14.9. The first-order chi connectivity index (χ1) is 9.31. The lowest BCUT2D eigenvalue weighted by molar-refractivity contribution is 0.0661. The van der Waals surface area contributed by atoms with E-state index in [2.05, 4.69) is 25.6 Å². The number of thiazole rings is 1. The fourth-order valence-electron chi connectivity index (χ4n) is 1.37. The van der Waals surface area contributed by atoms with E-state index in [0.717, 1.165) is 16.6 Å². The number of carbonyl (C=O) groups is 1. The van der Waals surface area contributed by atoms with Crippen LogP contribution in [0.15, 0.2) is 25.6 Å². The molecule has 0 aliphatic rings. The third-order valence-corrected chi connectivity index (χ3v) is 5.62. The average Bonchev–Trinajstić information content (AvgIpc) is 2.93. The van der Waals surface area contributed by atoms with Crippen molar-refractivity contribution in [2.24, 2.45) is 0 Å². The van der Waals surface area contributed by atoms with Gasteiger partial charge in [-0.25, -0.2) is 22.9 Å². The number of hydrogen-bond acceptors (Lipinski definition) is 6. The molecule has 0 atom stereocenters. The van der Waals surface area contributed by atoms with Crippen LogP contribution in [0.5, 0.6) is 0 Å². The summed E-state index contributed by atoms with van der Waals surface area (Å²) in [4.78, 5) is 15.3. The Kier molecular flexibility index (Phi) is 4.28. The molecule has 2 rings (SSSR count). The van der Waals surface area contributed by atoms with Crippen LogP contribution in [0.1, 0.15) is 21.1 Å². The molecule has 0 radical (unpaired) electrons. The zero-order valence-corrected chi connectivity index (χ0v) is 13.3. The first-order valence-electron chi connectivity index (χ1n) is 5.22. The third kappa shape index (κ3) is 3.08. The van der Waals surface area contributed by atoms with Gasteiger partial charge in [-0.15, -0.1) is 11.3 Å². The van der Waals surface area contributed by atoms with Gasteiger partial charge < -0.3 is 9.52 Å². The third-order valence-electron chi connectivity index (χ3n) is 2.42. The monoisotopic (exact) mass is 380 g/mol. The molecule has 2 aromatic rings. The van der Waals surface area contributed by atoms with Gasteiger partial charge in [-0.3, -0.25) is 0 Å². The van der Waals surface area contributed by atoms with Gasteiger partial charge in [-0.2, -0.15) is 0 Å². The number of nitrogens with one attached hydrogen (secondary N) is 1. The van der Waals surface area contributed by atoms with Crippen LogP contribution in [0.2, 0.25) is 0 Å². The maximum Gasteiger partial charge on any atom is 0.371 e. The zero-order valence-electron chi connectivity index (χ0n) is 10.1. The Labute approximate surface area is 126 Å². The maximum atomic E-state index is 12.1. The van der Waals surface area contributed by atoms with Crippen molar-refractivity contribution in [2.45, 2.75) is 18.4 Å². The second-order valence-corrected chi connectivity index (χ2v) is 7.13. The van der Waals surface area contributed by atoms with Gasteiger partial charge in [-0.05, 0) is 22.9 Å². The standard InChI is InChI=1S/C10H9BrN2O5S2/c1-5-7(19-4-12-5)3-13-20(16,17)8-2-6(10(14)15)18-9(8)11/h2,4,13H,3H2,1H3,(H,14,15). The fourth-order valence-corrected chi connectivity index (χ4v) is 4.12. The lowest BCUT2D eigenvalue weighted by Crippen LogP contribution is -2.23. The molecule has 0 saturated carbocycles. The van der Waals surface area contributed by atoms with Gasteiger partial charge in [-0.1, -0.05) is 0 Å². The summed E-state index contributed by atoms with van der Waals surface area (Å²) in [6, 6.07) is 0.953. The van der Waals surface area contributed by atoms with E-state index in [4.69, 9.17) is 9.52 Å². The van der Waals surface area contributed by atoms with Crippen LogP contribution in [0.3, 0.4) is 0 Å². The molecule has 0 aromatic carbocycles. The van der Waals surface area contributed by atoms with Gasteiger partial charge in [0.15, 0.2) is 4.67 Å². The SMILES string of the molecule is Cc1ncsc1CNS(=O)(=O)c1cc(C(=O)O)oc1Br. The first-order valence-corrected chi connectivity index (χ1v) is 8.38. The Morgan fingerprint density at radius 1 is 1.60 bits per heavy atom. The summed E-state index contributed by atoms with van der Waals surface area (Å²) in [5.41, 5.74) is 2.37. The Bertz CT molecular complexity index is 750. The molecule has 0 aliphatic carbocycles. The quantitative estimate of drug-likeness (QED) is 0.820. The predicted octanol–water partition coefficient (Wildman–Crippen LogP) is 1.98. The smallest absolute Gasteiger partial charge is 0.371 e. The number of halogens is 1. The minimum Gasteiger partial charge on any atom is -0.475 e. The van der Waals surface area contributed by atoms with Crippen LogP contribution in [-0.4, -0.2) is 24.5 Å². The molecule has 10 heteroatoms. The summed E-state index contributed by atoms with van der Waals surface area (Å²) in [6.07, 6.45) is 0. The summed E-state index contributed by atoms with van der Waals surface area (Å²) >= 11 is 4.23. The molecule has 7 nitrogen and oxygen atoms in total. The largest absolute Gasteiger partial charge is 0.475 e. The predicted molar refractivity (Wildman–Crippen MR) is 74.2 cm³/mol. The van der Waals surface area contributed by atoms with Gasteiger partial charge in [0.25, 0.3) is 0 Å². The van der Waals surface area contributed by atoms with E-state index in [1.807, 2.05) is 0 Å². The van der Waals surface area contributed by atoms with Crippen molar-refractivity contribution in [3.05, 3.63) is 32.6 Å². The number of nitrogens with zero attached hydrogens (tertiary/aromatic N) is 1. The molecule has 2 aromatic heterocycles. The highest BCUT2D eigenvalue weighted by Gasteiger charge is 2.24. The number of hydrogen-bond donors (Lipinski definition) is 2. The van der Waals surface area contributed by atoms with E-state index in [1.165, 1.54) is 11.3 Å². The van der Waals surface area contributed by atoms with Crippen LogP contribution in [0.4, 0.5) is 0 Å². The highest BCUT2D eigenvalue weighted by atomic mass is 79.9. The second-order valence-electron chi connectivity index (χ2n) is 3.74. The molecule has 0 fully saturated rings. The van der Waals surface area contributed by atoms with Gasteiger partial charge in [0.05, 0.1) is 11.2 Å². The van der Waals surface area contributed by atoms with Gasteiger partial charge in [0.1, 0.15) is 4.90 Å². The Hall–Kier alpha value is -1.23. The summed E-state index contributed by atoms with van der Waals surface area (Å²) in [5.74, 6) is -1.79. The van der Waals surface area contributed by atoms with Crippen molar-refractivity contribution < 1.29 is 22.7 Å². The minimum absolute atomic E-state index is 0.0822. The summed E-state index contributed by atoms with van der Waals surface area (Å²) in [5, 5.41) is 8.77. The number of aryl methyl sites for hydroxylation is 1. The average molecular weight is 381 g/mol. The number of aromatic nitrogens is 1. The fraction of sp³-hybridized carbons (Fsp3) is 0.200. The van der Waals surface area contributed by atoms with Crippen molar-refractivity contribution in [1.82, 2.24) is 9.71 Å². The van der Waals surface area contributed by atoms with Crippen molar-refractivity contribution in [1.29, 1.82) is 0 Å². The Morgan fingerprint density at radius 2 is 2.30 bits per heavy atom. The molecule has 0 aliphatic heterocycles. The molecule has 0 unspecified atom stereocenters. The van der Waals surface area contributed by atoms with Crippen LogP contribution in [0, 0.1) is 6.92 Å². The van der Waals surface area contributed by atoms with E-state index in [9.17, 15) is 13.2 Å². The summed E-state index contributed by atoms with van der Waals surface area (Å²) in [7, 11) is -3.87. The normalized spacial score (nSPS) is 11.7. The highest BCUT2D eigenvalue weighted by molar-refractivity contribution is 9.10. The van der Waals surface area contributed by atoms with E-state index < -0.39 is 21.8 Å². The molecule has 0 bridgehead atoms.